The highest BCUT2D eigenvalue weighted by molar-refractivity contribution is 6.30. The Bertz CT molecular complexity index is 981. The summed E-state index contributed by atoms with van der Waals surface area (Å²) in [5, 5.41) is 7.27. The Hall–Kier alpha value is -2.41. The molecule has 2 N–H and O–H groups in total. The van der Waals surface area contributed by atoms with Gasteiger partial charge in [-0.25, -0.2) is 9.89 Å². The van der Waals surface area contributed by atoms with Crippen LogP contribution in [-0.2, 0) is 17.9 Å². The van der Waals surface area contributed by atoms with Gasteiger partial charge >= 0.3 is 5.69 Å². The van der Waals surface area contributed by atoms with Crippen LogP contribution in [0.25, 0.3) is 0 Å². The van der Waals surface area contributed by atoms with E-state index in [0.29, 0.717) is 19.0 Å². The summed E-state index contributed by atoms with van der Waals surface area (Å²) in [4.78, 5) is 16.5. The van der Waals surface area contributed by atoms with E-state index in [1.54, 1.807) is 0 Å². The standard InChI is InChI=1S/C22H25ClN4O2/c1-15-10-16(12-18(23)11-15)14-29-19-8-5-9-27(13-20-24-22(28)26-25-20)21(19)17-6-3-2-4-7-17/h2-4,6-7,10-12,19,21H,5,8-9,13-14H2,1H3,(H2,24,25,26,28)/t19-,21-/m0/s1. The minimum Gasteiger partial charge on any atom is -0.372 e. The van der Waals surface area contributed by atoms with Crippen molar-refractivity contribution in [1.29, 1.82) is 0 Å². The van der Waals surface area contributed by atoms with Gasteiger partial charge in [0.15, 0.2) is 0 Å². The van der Waals surface area contributed by atoms with Gasteiger partial charge in [-0.2, -0.15) is 5.10 Å². The second-order valence-corrected chi connectivity index (χ2v) is 8.02. The average molecular weight is 413 g/mol. The van der Waals surface area contributed by atoms with Crippen LogP contribution in [0.1, 0.15) is 41.4 Å². The Kier molecular flexibility index (Phi) is 6.13. The first kappa shape index (κ1) is 19.9. The first-order valence-corrected chi connectivity index (χ1v) is 10.3. The first-order chi connectivity index (χ1) is 14.1. The Morgan fingerprint density at radius 2 is 2.07 bits per heavy atom. The molecule has 4 rings (SSSR count). The van der Waals surface area contributed by atoms with Gasteiger partial charge in [0, 0.05) is 5.02 Å². The van der Waals surface area contributed by atoms with Crippen LogP contribution in [0.15, 0.2) is 53.3 Å². The zero-order valence-corrected chi connectivity index (χ0v) is 17.2. The highest BCUT2D eigenvalue weighted by Crippen LogP contribution is 2.34. The van der Waals surface area contributed by atoms with Crippen LogP contribution in [0.5, 0.6) is 0 Å². The van der Waals surface area contributed by atoms with E-state index in [4.69, 9.17) is 16.3 Å². The smallest absolute Gasteiger partial charge is 0.340 e. The molecule has 1 aliphatic rings. The summed E-state index contributed by atoms with van der Waals surface area (Å²) in [6.07, 6.45) is 2.04. The van der Waals surface area contributed by atoms with Gasteiger partial charge in [-0.15, -0.1) is 0 Å². The summed E-state index contributed by atoms with van der Waals surface area (Å²) < 4.78 is 6.42. The summed E-state index contributed by atoms with van der Waals surface area (Å²) in [6.45, 7) is 4.04. The highest BCUT2D eigenvalue weighted by Gasteiger charge is 2.33. The molecule has 0 bridgehead atoms. The second-order valence-electron chi connectivity index (χ2n) is 7.58. The number of aryl methyl sites for hydroxylation is 1. The number of nitrogens with zero attached hydrogens (tertiary/aromatic N) is 2. The number of H-pyrrole nitrogens is 2. The predicted molar refractivity (Wildman–Crippen MR) is 113 cm³/mol. The number of rotatable bonds is 6. The van der Waals surface area contributed by atoms with Crippen LogP contribution in [0.4, 0.5) is 0 Å². The molecule has 2 atom stereocenters. The van der Waals surface area contributed by atoms with E-state index < -0.39 is 0 Å². The van der Waals surface area contributed by atoms with Crippen LogP contribution >= 0.6 is 11.6 Å². The third-order valence-electron chi connectivity index (χ3n) is 5.29. The molecule has 6 nitrogen and oxygen atoms in total. The average Bonchev–Trinajstić information content (AvgIpc) is 3.11. The molecule has 0 amide bonds. The Morgan fingerprint density at radius 1 is 1.24 bits per heavy atom. The first-order valence-electron chi connectivity index (χ1n) is 9.89. The van der Waals surface area contributed by atoms with E-state index in [-0.39, 0.29) is 17.8 Å². The van der Waals surface area contributed by atoms with Crippen molar-refractivity contribution in [3.8, 4) is 0 Å². The SMILES string of the molecule is Cc1cc(Cl)cc(CO[C@H]2CCCN(Cc3n[nH]c(=O)[nH]3)[C@H]2c2ccccc2)c1. The lowest BCUT2D eigenvalue weighted by atomic mass is 9.92. The molecular formula is C22H25ClN4O2. The molecule has 2 heterocycles. The molecule has 0 radical (unpaired) electrons. The zero-order valence-electron chi connectivity index (χ0n) is 16.4. The number of benzene rings is 2. The maximum absolute atomic E-state index is 11.4. The maximum Gasteiger partial charge on any atom is 0.340 e. The molecule has 7 heteroatoms. The van der Waals surface area contributed by atoms with E-state index in [2.05, 4.69) is 50.4 Å². The molecule has 0 aliphatic carbocycles. The van der Waals surface area contributed by atoms with Crippen molar-refractivity contribution >= 4 is 11.6 Å². The van der Waals surface area contributed by atoms with Crippen molar-refractivity contribution in [3.63, 3.8) is 0 Å². The fraction of sp³-hybridized carbons (Fsp3) is 0.364. The lowest BCUT2D eigenvalue weighted by Crippen LogP contribution is -2.42. The number of hydrogen-bond acceptors (Lipinski definition) is 4. The highest BCUT2D eigenvalue weighted by atomic mass is 35.5. The van der Waals surface area contributed by atoms with Gasteiger partial charge in [-0.1, -0.05) is 48.0 Å². The van der Waals surface area contributed by atoms with E-state index in [9.17, 15) is 4.79 Å². The lowest BCUT2D eigenvalue weighted by Gasteiger charge is -2.41. The Labute approximate surface area is 174 Å². The number of nitrogens with one attached hydrogen (secondary N) is 2. The van der Waals surface area contributed by atoms with Crippen molar-refractivity contribution in [2.75, 3.05) is 6.54 Å². The number of halogens is 1. The van der Waals surface area contributed by atoms with Crippen molar-refractivity contribution in [2.45, 2.75) is 45.1 Å². The monoisotopic (exact) mass is 412 g/mol. The van der Waals surface area contributed by atoms with Crippen molar-refractivity contribution < 1.29 is 4.74 Å². The van der Waals surface area contributed by atoms with Crippen LogP contribution in [0.2, 0.25) is 5.02 Å². The normalized spacial score (nSPS) is 20.1. The van der Waals surface area contributed by atoms with Gasteiger partial charge in [0.2, 0.25) is 0 Å². The van der Waals surface area contributed by atoms with E-state index in [1.807, 2.05) is 25.1 Å². The van der Waals surface area contributed by atoms with Crippen molar-refractivity contribution in [3.05, 3.63) is 86.6 Å². The number of likely N-dealkylation sites (tertiary alicyclic amines) is 1. The largest absolute Gasteiger partial charge is 0.372 e. The molecule has 29 heavy (non-hydrogen) atoms. The van der Waals surface area contributed by atoms with Gasteiger partial charge in [0.05, 0.1) is 25.3 Å². The van der Waals surface area contributed by atoms with E-state index >= 15 is 0 Å². The summed E-state index contributed by atoms with van der Waals surface area (Å²) in [5.74, 6) is 0.641. The Morgan fingerprint density at radius 3 is 2.79 bits per heavy atom. The van der Waals surface area contributed by atoms with Crippen molar-refractivity contribution in [1.82, 2.24) is 20.1 Å². The molecule has 3 aromatic rings. The third-order valence-corrected chi connectivity index (χ3v) is 5.51. The summed E-state index contributed by atoms with van der Waals surface area (Å²) >= 11 is 6.21. The number of hydrogen-bond donors (Lipinski definition) is 2. The molecule has 0 spiro atoms. The minimum absolute atomic E-state index is 0.0381. The maximum atomic E-state index is 11.4. The molecule has 2 aromatic carbocycles. The molecule has 0 saturated carbocycles. The lowest BCUT2D eigenvalue weighted by molar-refractivity contribution is -0.0559. The van der Waals surface area contributed by atoms with Crippen molar-refractivity contribution in [2.24, 2.45) is 0 Å². The van der Waals surface area contributed by atoms with E-state index in [0.717, 1.165) is 35.5 Å². The molecule has 1 fully saturated rings. The zero-order chi connectivity index (χ0) is 20.2. The van der Waals surface area contributed by atoms with Crippen LogP contribution < -0.4 is 5.69 Å². The minimum atomic E-state index is -0.280. The van der Waals surface area contributed by atoms with Gasteiger partial charge in [-0.05, 0) is 55.1 Å². The number of aromatic nitrogens is 3. The Balaban J connectivity index is 1.56. The van der Waals surface area contributed by atoms with Gasteiger partial charge in [0.25, 0.3) is 0 Å². The van der Waals surface area contributed by atoms with Crippen LogP contribution in [-0.4, -0.2) is 32.7 Å². The summed E-state index contributed by atoms with van der Waals surface area (Å²) in [6, 6.07) is 16.5. The molecule has 0 unspecified atom stereocenters. The molecule has 1 aliphatic heterocycles. The fourth-order valence-electron chi connectivity index (χ4n) is 4.13. The van der Waals surface area contributed by atoms with Gasteiger partial charge in [0.1, 0.15) is 5.82 Å². The number of piperidine rings is 1. The summed E-state index contributed by atoms with van der Waals surface area (Å²) in [7, 11) is 0. The van der Waals surface area contributed by atoms with Crippen LogP contribution in [0, 0.1) is 6.92 Å². The van der Waals surface area contributed by atoms with Gasteiger partial charge < -0.3 is 4.74 Å². The molecular weight excluding hydrogens is 388 g/mol. The molecule has 152 valence electrons. The predicted octanol–water partition coefficient (Wildman–Crippen LogP) is 3.98. The topological polar surface area (TPSA) is 74.0 Å². The van der Waals surface area contributed by atoms with Gasteiger partial charge in [-0.3, -0.25) is 9.88 Å². The second kappa shape index (κ2) is 8.95. The molecule has 1 saturated heterocycles. The number of aromatic amines is 2. The number of ether oxygens (including phenoxy) is 1. The van der Waals surface area contributed by atoms with E-state index in [1.165, 1.54) is 5.56 Å². The summed E-state index contributed by atoms with van der Waals surface area (Å²) in [5.41, 5.74) is 3.13. The molecule has 1 aromatic heterocycles. The quantitative estimate of drug-likeness (QED) is 0.642. The fourth-order valence-corrected chi connectivity index (χ4v) is 4.44. The third kappa shape index (κ3) is 4.96. The van der Waals surface area contributed by atoms with Crippen LogP contribution in [0.3, 0.4) is 0 Å².